The van der Waals surface area contributed by atoms with E-state index < -0.39 is 65.5 Å². The average molecular weight is 543 g/mol. The molecule has 0 spiro atoms. The lowest BCUT2D eigenvalue weighted by molar-refractivity contribution is -0.129. The van der Waals surface area contributed by atoms with Gasteiger partial charge in [-0.05, 0) is 19.9 Å². The number of phosphoric acid groups is 3. The molecule has 1 aliphatic heterocycles. The highest BCUT2D eigenvalue weighted by molar-refractivity contribution is 7.66. The van der Waals surface area contributed by atoms with Crippen molar-refractivity contribution in [3.05, 3.63) is 22.7 Å². The molecule has 17 nitrogen and oxygen atoms in total. The molecule has 190 valence electrons. The normalized spacial score (nSPS) is 30.0. The maximum atomic E-state index is 13.8. The van der Waals surface area contributed by atoms with Crippen LogP contribution < -0.4 is 11.4 Å². The Balaban J connectivity index is 2.34. The summed E-state index contributed by atoms with van der Waals surface area (Å²) in [4.78, 5) is 51.6. The first-order valence-electron chi connectivity index (χ1n) is 8.54. The summed E-state index contributed by atoms with van der Waals surface area (Å²) in [5.74, 6) is -0.219. The third-order valence-corrected chi connectivity index (χ3v) is 8.30. The van der Waals surface area contributed by atoms with Crippen LogP contribution in [0.3, 0.4) is 0 Å². The van der Waals surface area contributed by atoms with Gasteiger partial charge < -0.3 is 40.3 Å². The van der Waals surface area contributed by atoms with Crippen molar-refractivity contribution in [2.24, 2.45) is 0 Å². The number of phosphoric ester groups is 1. The van der Waals surface area contributed by atoms with Crippen LogP contribution in [0.15, 0.2) is 17.1 Å². The number of alkyl halides is 1. The maximum Gasteiger partial charge on any atom is 0.490 e. The van der Waals surface area contributed by atoms with Crippen LogP contribution in [0.25, 0.3) is 0 Å². The highest BCUT2D eigenvalue weighted by atomic mass is 31.3. The van der Waals surface area contributed by atoms with E-state index in [1.807, 2.05) is 0 Å². The number of aromatic nitrogens is 2. The van der Waals surface area contributed by atoms with Gasteiger partial charge in [0.25, 0.3) is 0 Å². The van der Waals surface area contributed by atoms with Crippen molar-refractivity contribution in [3.63, 3.8) is 0 Å². The van der Waals surface area contributed by atoms with Gasteiger partial charge >= 0.3 is 29.2 Å². The summed E-state index contributed by atoms with van der Waals surface area (Å²) in [7, 11) is -17.2. The van der Waals surface area contributed by atoms with E-state index in [0.29, 0.717) is 4.57 Å². The molecule has 1 saturated heterocycles. The molecule has 0 radical (unpaired) electrons. The lowest BCUT2D eigenvalue weighted by Gasteiger charge is -2.34. The third-order valence-electron chi connectivity index (χ3n) is 4.27. The molecule has 0 aliphatic carbocycles. The second-order valence-electron chi connectivity index (χ2n) is 7.31. The van der Waals surface area contributed by atoms with Crippen LogP contribution in [-0.4, -0.2) is 69.4 Å². The zero-order valence-electron chi connectivity index (χ0n) is 16.7. The Kier molecular flexibility index (Phi) is 7.82. The summed E-state index contributed by atoms with van der Waals surface area (Å²) in [5, 5.41) is 21.1. The average Bonchev–Trinajstić information content (AvgIpc) is 2.83. The molecule has 21 heteroatoms. The summed E-state index contributed by atoms with van der Waals surface area (Å²) in [6.45, 7) is 0.214. The van der Waals surface area contributed by atoms with E-state index in [9.17, 15) is 42.9 Å². The van der Waals surface area contributed by atoms with Gasteiger partial charge in [0.1, 0.15) is 30.3 Å². The van der Waals surface area contributed by atoms with Gasteiger partial charge in [0, 0.05) is 6.20 Å². The standard InChI is InChI=1S/C12H21FN3O14P3/c1-11(2,28-32(23,24)30-33(25,26)29-31(20,21)22)8-7(17)12(19,5-13)9(27-8)16-4-3-6(14)15-10(16)18/h3-4,7-9,17,19H,5H2,1-2H3,(H,23,24)(H,25,26)(H2,14,15,18)(H2,20,21,22)/t7-,8?,9+,12?/m0/s1. The van der Waals surface area contributed by atoms with Gasteiger partial charge in [0.2, 0.25) is 0 Å². The SMILES string of the molecule is CC(C)(OP(=O)(O)OP(=O)(O)OP(=O)(O)O)C1O[C@@H](n2ccc(N)nc2=O)C(O)(CF)[C@H]1O. The van der Waals surface area contributed by atoms with Gasteiger partial charge in [0.15, 0.2) is 11.8 Å². The molecule has 1 fully saturated rings. The van der Waals surface area contributed by atoms with Gasteiger partial charge in [-0.25, -0.2) is 22.9 Å². The quantitative estimate of drug-likeness (QED) is 0.182. The molecule has 2 heterocycles. The Hall–Kier alpha value is -1.10. The summed E-state index contributed by atoms with van der Waals surface area (Å²) in [6.07, 6.45) is -5.08. The lowest BCUT2D eigenvalue weighted by atomic mass is 9.88. The fourth-order valence-corrected chi connectivity index (χ4v) is 6.32. The molecule has 4 unspecified atom stereocenters. The molecule has 0 amide bonds. The Morgan fingerprint density at radius 2 is 1.82 bits per heavy atom. The molecular weight excluding hydrogens is 522 g/mol. The van der Waals surface area contributed by atoms with Gasteiger partial charge in [-0.2, -0.15) is 13.6 Å². The zero-order chi connectivity index (χ0) is 25.6. The van der Waals surface area contributed by atoms with Crippen molar-refractivity contribution in [1.29, 1.82) is 0 Å². The Labute approximate surface area is 184 Å². The van der Waals surface area contributed by atoms with Crippen molar-refractivity contribution >= 4 is 29.3 Å². The number of aliphatic hydroxyl groups is 2. The molecule has 0 aromatic carbocycles. The molecule has 1 aromatic rings. The lowest BCUT2D eigenvalue weighted by Crippen LogP contribution is -2.53. The smallest absolute Gasteiger partial charge is 0.387 e. The number of nitrogens with two attached hydrogens (primary N) is 1. The van der Waals surface area contributed by atoms with Crippen LogP contribution in [0, 0.1) is 0 Å². The second-order valence-corrected chi connectivity index (χ2v) is 11.7. The first kappa shape index (κ1) is 28.1. The molecule has 0 saturated carbocycles. The molecule has 8 N–H and O–H groups in total. The minimum Gasteiger partial charge on any atom is -0.387 e. The number of nitrogen functional groups attached to an aromatic ring is 1. The van der Waals surface area contributed by atoms with Gasteiger partial charge in [-0.1, -0.05) is 0 Å². The van der Waals surface area contributed by atoms with Crippen LogP contribution in [0.1, 0.15) is 20.1 Å². The first-order valence-corrected chi connectivity index (χ1v) is 13.1. The number of anilines is 1. The highest BCUT2D eigenvalue weighted by Gasteiger charge is 2.62. The summed E-state index contributed by atoms with van der Waals surface area (Å²) < 4.78 is 66.0. The van der Waals surface area contributed by atoms with Crippen molar-refractivity contribution in [2.75, 3.05) is 12.4 Å². The van der Waals surface area contributed by atoms with E-state index in [0.717, 1.165) is 26.1 Å². The van der Waals surface area contributed by atoms with E-state index in [2.05, 4.69) is 18.1 Å². The van der Waals surface area contributed by atoms with Crippen LogP contribution in [-0.2, 0) is 31.6 Å². The molecule has 2 rings (SSSR count). The Morgan fingerprint density at radius 3 is 2.30 bits per heavy atom. The third kappa shape index (κ3) is 6.52. The monoisotopic (exact) mass is 543 g/mol. The number of hydrogen-bond acceptors (Lipinski definition) is 12. The second kappa shape index (κ2) is 9.17. The predicted molar refractivity (Wildman–Crippen MR) is 103 cm³/mol. The minimum absolute atomic E-state index is 0.219. The van der Waals surface area contributed by atoms with E-state index in [1.54, 1.807) is 0 Å². The molecular formula is C12H21FN3O14P3. The van der Waals surface area contributed by atoms with Crippen molar-refractivity contribution in [3.8, 4) is 0 Å². The summed E-state index contributed by atoms with van der Waals surface area (Å²) >= 11 is 0. The number of nitrogens with zero attached hydrogens (tertiary/aromatic N) is 2. The predicted octanol–water partition coefficient (Wildman–Crippen LogP) is -1.09. The zero-order valence-corrected chi connectivity index (χ0v) is 19.4. The summed E-state index contributed by atoms with van der Waals surface area (Å²) in [5.41, 5.74) is -0.788. The van der Waals surface area contributed by atoms with Crippen LogP contribution >= 0.6 is 23.5 Å². The number of hydrogen-bond donors (Lipinski definition) is 7. The van der Waals surface area contributed by atoms with Gasteiger partial charge in [-0.15, -0.1) is 0 Å². The van der Waals surface area contributed by atoms with Crippen LogP contribution in [0.4, 0.5) is 10.2 Å². The van der Waals surface area contributed by atoms with E-state index in [-0.39, 0.29) is 5.82 Å². The highest BCUT2D eigenvalue weighted by Crippen LogP contribution is 2.67. The van der Waals surface area contributed by atoms with E-state index in [4.69, 9.17) is 20.3 Å². The number of ether oxygens (including phenoxy) is 1. The van der Waals surface area contributed by atoms with Gasteiger partial charge in [-0.3, -0.25) is 9.09 Å². The fourth-order valence-electron chi connectivity index (χ4n) is 2.98. The number of rotatable bonds is 9. The van der Waals surface area contributed by atoms with E-state index in [1.165, 1.54) is 0 Å². The van der Waals surface area contributed by atoms with Crippen LogP contribution in [0.5, 0.6) is 0 Å². The van der Waals surface area contributed by atoms with Crippen LogP contribution in [0.2, 0.25) is 0 Å². The van der Waals surface area contributed by atoms with Crippen molar-refractivity contribution in [2.45, 2.75) is 43.5 Å². The Morgan fingerprint density at radius 1 is 1.24 bits per heavy atom. The topological polar surface area (TPSA) is 270 Å². The molecule has 33 heavy (non-hydrogen) atoms. The maximum absolute atomic E-state index is 13.8. The molecule has 1 aliphatic rings. The summed E-state index contributed by atoms with van der Waals surface area (Å²) in [6, 6.07) is 1.10. The van der Waals surface area contributed by atoms with E-state index >= 15 is 0 Å². The molecule has 6 atom stereocenters. The number of halogens is 1. The fraction of sp³-hybridized carbons (Fsp3) is 0.667. The minimum atomic E-state index is -5.85. The van der Waals surface area contributed by atoms with Crippen molar-refractivity contribution < 1.29 is 65.8 Å². The number of aliphatic hydroxyl groups excluding tert-OH is 1. The largest absolute Gasteiger partial charge is 0.490 e. The molecule has 1 aromatic heterocycles. The first-order chi connectivity index (χ1) is 14.7. The Bertz CT molecular complexity index is 1090. The van der Waals surface area contributed by atoms with Crippen molar-refractivity contribution in [1.82, 2.24) is 9.55 Å². The molecule has 0 bridgehead atoms. The van der Waals surface area contributed by atoms with Gasteiger partial charge in [0.05, 0.1) is 0 Å².